The average Bonchev–Trinajstić information content (AvgIpc) is 2.86. The molecule has 0 bridgehead atoms. The predicted molar refractivity (Wildman–Crippen MR) is 140 cm³/mol. The molecular weight excluding hydrogens is 456 g/mol. The maximum Gasteiger partial charge on any atom is 0.268 e. The maximum absolute atomic E-state index is 13.6. The molecule has 2 N–H and O–H groups in total. The van der Waals surface area contributed by atoms with Gasteiger partial charge in [-0.05, 0) is 42.2 Å². The van der Waals surface area contributed by atoms with Crippen LogP contribution in [-0.2, 0) is 20.8 Å². The molecule has 1 fully saturated rings. The molecule has 3 amide bonds. The molecule has 8 nitrogen and oxygen atoms in total. The van der Waals surface area contributed by atoms with Crippen molar-refractivity contribution >= 4 is 17.7 Å². The first-order valence-electron chi connectivity index (χ1n) is 13.7. The lowest BCUT2D eigenvalue weighted by Gasteiger charge is -2.40. The zero-order chi connectivity index (χ0) is 26.5. The molecule has 0 aliphatic heterocycles. The number of pyridine rings is 1. The maximum atomic E-state index is 13.6. The highest BCUT2D eigenvalue weighted by Gasteiger charge is 2.36. The zero-order valence-corrected chi connectivity index (χ0v) is 22.6. The van der Waals surface area contributed by atoms with Gasteiger partial charge in [-0.2, -0.15) is 0 Å². The SMILES string of the molecule is CC(C)CCC(=O)N([C@@H](CCCC1CCCCC1)C(=O)NO)N(CC(C)C)C(=O)Cc1cccnc1. The molecule has 202 valence electrons. The van der Waals surface area contributed by atoms with Gasteiger partial charge in [-0.25, -0.2) is 10.5 Å². The van der Waals surface area contributed by atoms with E-state index in [9.17, 15) is 19.6 Å². The van der Waals surface area contributed by atoms with Gasteiger partial charge in [-0.3, -0.25) is 29.6 Å². The van der Waals surface area contributed by atoms with Crippen molar-refractivity contribution in [1.29, 1.82) is 0 Å². The number of rotatable bonds is 13. The molecule has 1 saturated carbocycles. The van der Waals surface area contributed by atoms with E-state index in [1.807, 2.05) is 33.8 Å². The van der Waals surface area contributed by atoms with Crippen LogP contribution >= 0.6 is 0 Å². The van der Waals surface area contributed by atoms with Crippen molar-refractivity contribution in [2.24, 2.45) is 17.8 Å². The summed E-state index contributed by atoms with van der Waals surface area (Å²) in [6.07, 6.45) is 12.6. The summed E-state index contributed by atoms with van der Waals surface area (Å²) in [5.74, 6) is -0.173. The highest BCUT2D eigenvalue weighted by Crippen LogP contribution is 2.29. The largest absolute Gasteiger partial charge is 0.289 e. The summed E-state index contributed by atoms with van der Waals surface area (Å²) in [7, 11) is 0. The molecule has 1 heterocycles. The van der Waals surface area contributed by atoms with Crippen molar-refractivity contribution in [2.45, 2.75) is 104 Å². The summed E-state index contributed by atoms with van der Waals surface area (Å²) < 4.78 is 0. The molecule has 0 spiro atoms. The first-order chi connectivity index (χ1) is 17.2. The summed E-state index contributed by atoms with van der Waals surface area (Å²) in [4.78, 5) is 44.2. The average molecular weight is 503 g/mol. The Bertz CT molecular complexity index is 809. The number of amides is 3. The molecule has 1 aromatic heterocycles. The minimum absolute atomic E-state index is 0.0725. The summed E-state index contributed by atoms with van der Waals surface area (Å²) in [5.41, 5.74) is 2.51. The molecule has 1 aromatic rings. The molecule has 0 unspecified atom stereocenters. The van der Waals surface area contributed by atoms with Gasteiger partial charge in [0.15, 0.2) is 0 Å². The second-order valence-corrected chi connectivity index (χ2v) is 11.0. The quantitative estimate of drug-likeness (QED) is 0.295. The Morgan fingerprint density at radius 3 is 2.36 bits per heavy atom. The number of nitrogens with one attached hydrogen (secondary N) is 1. The molecule has 8 heteroatoms. The lowest BCUT2D eigenvalue weighted by molar-refractivity contribution is -0.175. The van der Waals surface area contributed by atoms with Crippen LogP contribution in [0.5, 0.6) is 0 Å². The van der Waals surface area contributed by atoms with Gasteiger partial charge in [-0.1, -0.05) is 78.7 Å². The smallest absolute Gasteiger partial charge is 0.268 e. The van der Waals surface area contributed by atoms with Gasteiger partial charge in [0.25, 0.3) is 5.91 Å². The fraction of sp³-hybridized carbons (Fsp3) is 0.714. The molecule has 1 atom stereocenters. The number of carbonyl (C=O) groups is 3. The number of carbonyl (C=O) groups excluding carboxylic acids is 3. The Morgan fingerprint density at radius 1 is 1.06 bits per heavy atom. The minimum atomic E-state index is -0.949. The van der Waals surface area contributed by atoms with Crippen LogP contribution in [0.25, 0.3) is 0 Å². The van der Waals surface area contributed by atoms with Crippen molar-refractivity contribution in [3.63, 3.8) is 0 Å². The Kier molecular flexibility index (Phi) is 12.9. The third-order valence-corrected chi connectivity index (χ3v) is 6.88. The minimum Gasteiger partial charge on any atom is -0.289 e. The van der Waals surface area contributed by atoms with Gasteiger partial charge in [0.1, 0.15) is 6.04 Å². The van der Waals surface area contributed by atoms with Crippen LogP contribution < -0.4 is 5.48 Å². The van der Waals surface area contributed by atoms with Gasteiger partial charge in [0.05, 0.1) is 6.42 Å². The van der Waals surface area contributed by atoms with E-state index in [4.69, 9.17) is 0 Å². The Labute approximate surface area is 216 Å². The van der Waals surface area contributed by atoms with E-state index in [1.54, 1.807) is 23.9 Å². The molecule has 0 saturated heterocycles. The van der Waals surface area contributed by atoms with Gasteiger partial charge < -0.3 is 0 Å². The van der Waals surface area contributed by atoms with Crippen molar-refractivity contribution in [3.8, 4) is 0 Å². The molecule has 0 radical (unpaired) electrons. The summed E-state index contributed by atoms with van der Waals surface area (Å²) in [6, 6.07) is 2.65. The number of aromatic nitrogens is 1. The van der Waals surface area contributed by atoms with E-state index in [0.717, 1.165) is 18.4 Å². The van der Waals surface area contributed by atoms with E-state index in [0.29, 0.717) is 31.2 Å². The fourth-order valence-corrected chi connectivity index (χ4v) is 4.94. The highest BCUT2D eigenvalue weighted by atomic mass is 16.5. The standard InChI is InChI=1S/C28H46N4O4/c1-21(2)15-16-26(33)32(25(28(35)30-36)14-8-12-23-10-6-5-7-11-23)31(20-22(3)4)27(34)18-24-13-9-17-29-19-24/h9,13,17,19,21-23,25,36H,5-8,10-12,14-16,18,20H2,1-4H3,(H,30,35)/t25-/m0/s1. The molecule has 1 aliphatic rings. The highest BCUT2D eigenvalue weighted by molar-refractivity contribution is 5.89. The number of hydroxylamine groups is 1. The second kappa shape index (κ2) is 15.6. The van der Waals surface area contributed by atoms with E-state index in [1.165, 1.54) is 42.1 Å². The summed E-state index contributed by atoms with van der Waals surface area (Å²) in [5, 5.41) is 12.4. The van der Waals surface area contributed by atoms with Crippen LogP contribution in [-0.4, -0.2) is 50.5 Å². The van der Waals surface area contributed by atoms with Crippen LogP contribution in [0.4, 0.5) is 0 Å². The van der Waals surface area contributed by atoms with Crippen LogP contribution in [0, 0.1) is 17.8 Å². The molecule has 36 heavy (non-hydrogen) atoms. The van der Waals surface area contributed by atoms with E-state index in [-0.39, 0.29) is 30.6 Å². The number of hydrogen-bond donors (Lipinski definition) is 2. The van der Waals surface area contributed by atoms with E-state index < -0.39 is 11.9 Å². The van der Waals surface area contributed by atoms with Crippen molar-refractivity contribution in [2.75, 3.05) is 6.54 Å². The predicted octanol–water partition coefficient (Wildman–Crippen LogP) is 4.91. The summed E-state index contributed by atoms with van der Waals surface area (Å²) >= 11 is 0. The van der Waals surface area contributed by atoms with Crippen LogP contribution in [0.1, 0.15) is 97.5 Å². The molecule has 2 rings (SSSR count). The first kappa shape index (κ1) is 29.7. The van der Waals surface area contributed by atoms with Gasteiger partial charge in [0, 0.05) is 25.4 Å². The van der Waals surface area contributed by atoms with E-state index in [2.05, 4.69) is 4.98 Å². The van der Waals surface area contributed by atoms with Crippen LogP contribution in [0.3, 0.4) is 0 Å². The normalized spacial score (nSPS) is 15.1. The van der Waals surface area contributed by atoms with Gasteiger partial charge in [-0.15, -0.1) is 0 Å². The Morgan fingerprint density at radius 2 is 1.78 bits per heavy atom. The fourth-order valence-electron chi connectivity index (χ4n) is 4.94. The van der Waals surface area contributed by atoms with Crippen LogP contribution in [0.2, 0.25) is 0 Å². The second-order valence-electron chi connectivity index (χ2n) is 11.0. The number of hydrazine groups is 1. The molecule has 0 aromatic carbocycles. The van der Waals surface area contributed by atoms with Gasteiger partial charge in [0.2, 0.25) is 11.8 Å². The first-order valence-corrected chi connectivity index (χ1v) is 13.7. The van der Waals surface area contributed by atoms with Crippen molar-refractivity contribution < 1.29 is 19.6 Å². The van der Waals surface area contributed by atoms with Crippen molar-refractivity contribution in [1.82, 2.24) is 20.5 Å². The zero-order valence-electron chi connectivity index (χ0n) is 22.6. The Hall–Kier alpha value is -2.48. The third kappa shape index (κ3) is 9.88. The van der Waals surface area contributed by atoms with E-state index >= 15 is 0 Å². The molecule has 1 aliphatic carbocycles. The number of hydrogen-bond acceptors (Lipinski definition) is 5. The lowest BCUT2D eigenvalue weighted by atomic mass is 9.85. The summed E-state index contributed by atoms with van der Waals surface area (Å²) in [6.45, 7) is 8.33. The lowest BCUT2D eigenvalue weighted by Crippen LogP contribution is -2.60. The third-order valence-electron chi connectivity index (χ3n) is 6.88. The van der Waals surface area contributed by atoms with Crippen LogP contribution in [0.15, 0.2) is 24.5 Å². The Balaban J connectivity index is 2.32. The van der Waals surface area contributed by atoms with Crippen molar-refractivity contribution in [3.05, 3.63) is 30.1 Å². The molecular formula is C28H46N4O4. The number of nitrogens with zero attached hydrogens (tertiary/aromatic N) is 3. The van der Waals surface area contributed by atoms with Gasteiger partial charge >= 0.3 is 0 Å². The monoisotopic (exact) mass is 502 g/mol. The topological polar surface area (TPSA) is 103 Å².